The third kappa shape index (κ3) is 4.74. The zero-order chi connectivity index (χ0) is 18.5. The van der Waals surface area contributed by atoms with E-state index in [2.05, 4.69) is 61.7 Å². The van der Waals surface area contributed by atoms with Crippen LogP contribution >= 0.6 is 38.5 Å². The minimum atomic E-state index is -0.239. The second-order valence-corrected chi connectivity index (χ2v) is 7.72. The van der Waals surface area contributed by atoms with Gasteiger partial charge in [-0.1, -0.05) is 30.3 Å². The summed E-state index contributed by atoms with van der Waals surface area (Å²) in [7, 11) is 0. The fraction of sp³-hybridized carbons (Fsp3) is 0.100. The van der Waals surface area contributed by atoms with E-state index >= 15 is 0 Å². The molecule has 2 aromatic carbocycles. The molecule has 0 aliphatic heterocycles. The molecule has 0 fully saturated rings. The highest BCUT2D eigenvalue weighted by molar-refractivity contribution is 14.1. The van der Waals surface area contributed by atoms with E-state index in [1.165, 1.54) is 5.56 Å². The lowest BCUT2D eigenvalue weighted by atomic mass is 10.1. The molecular weight excluding hydrogens is 507 g/mol. The summed E-state index contributed by atoms with van der Waals surface area (Å²) in [6, 6.07) is 19.3. The Morgan fingerprint density at radius 3 is 2.62 bits per heavy atom. The summed E-state index contributed by atoms with van der Waals surface area (Å²) in [6.07, 6.45) is 1.51. The quantitative estimate of drug-likeness (QED) is 0.471. The topological polar surface area (TPSA) is 65.9 Å². The van der Waals surface area contributed by atoms with Gasteiger partial charge in [-0.3, -0.25) is 4.79 Å². The molecule has 0 amide bonds. The van der Waals surface area contributed by atoms with Crippen LogP contribution in [-0.2, 0) is 12.8 Å². The fourth-order valence-corrected chi connectivity index (χ4v) is 3.45. The van der Waals surface area contributed by atoms with Crippen LogP contribution in [-0.4, -0.2) is 4.98 Å². The lowest BCUT2D eigenvalue weighted by Crippen LogP contribution is -2.11. The molecule has 0 aliphatic rings. The molecule has 130 valence electrons. The molecule has 26 heavy (non-hydrogen) atoms. The number of hydrogen-bond donors (Lipinski definition) is 1. The van der Waals surface area contributed by atoms with Gasteiger partial charge in [0.1, 0.15) is 16.0 Å². The van der Waals surface area contributed by atoms with Crippen LogP contribution in [0.3, 0.4) is 0 Å². The first kappa shape index (κ1) is 18.7. The molecule has 0 unspecified atom stereocenters. The molecule has 0 saturated heterocycles. The van der Waals surface area contributed by atoms with Crippen molar-refractivity contribution in [2.24, 2.45) is 0 Å². The van der Waals surface area contributed by atoms with E-state index in [1.54, 1.807) is 12.1 Å². The third-order valence-corrected chi connectivity index (χ3v) is 5.12. The number of aromatic amines is 1. The summed E-state index contributed by atoms with van der Waals surface area (Å²) in [5, 5.41) is 9.10. The number of nitrogens with one attached hydrogen (secondary N) is 1. The number of H-pyrrole nitrogens is 1. The number of hydrogen-bond acceptors (Lipinski definition) is 3. The van der Waals surface area contributed by atoms with Crippen LogP contribution < -0.4 is 10.3 Å². The van der Waals surface area contributed by atoms with E-state index < -0.39 is 0 Å². The molecule has 0 aliphatic carbocycles. The summed E-state index contributed by atoms with van der Waals surface area (Å²) in [5.74, 6) is 0.955. The standard InChI is InChI=1S/C20H14BrIN2O2/c21-19-18(26-17-9-14(12-23)8-15(22)10-17)11-16(24-20(19)25)7-6-13-4-2-1-3-5-13/h1-5,8-11H,6-7H2,(H,24,25). The molecule has 1 N–H and O–H groups in total. The molecule has 0 radical (unpaired) electrons. The Labute approximate surface area is 173 Å². The predicted molar refractivity (Wildman–Crippen MR) is 113 cm³/mol. The van der Waals surface area contributed by atoms with E-state index in [4.69, 9.17) is 10.00 Å². The molecule has 1 heterocycles. The van der Waals surface area contributed by atoms with Gasteiger partial charge in [-0.05, 0) is 75.1 Å². The summed E-state index contributed by atoms with van der Waals surface area (Å²) >= 11 is 5.41. The van der Waals surface area contributed by atoms with Gasteiger partial charge in [0.05, 0.1) is 11.6 Å². The first-order valence-corrected chi connectivity index (χ1v) is 9.76. The molecule has 6 heteroatoms. The van der Waals surface area contributed by atoms with E-state index in [1.807, 2.05) is 30.3 Å². The number of benzene rings is 2. The van der Waals surface area contributed by atoms with Crippen molar-refractivity contribution in [1.82, 2.24) is 4.98 Å². The van der Waals surface area contributed by atoms with Crippen LogP contribution in [0.2, 0.25) is 0 Å². The van der Waals surface area contributed by atoms with Gasteiger partial charge < -0.3 is 9.72 Å². The Balaban J connectivity index is 1.85. The number of halogens is 2. The maximum absolute atomic E-state index is 12.2. The van der Waals surface area contributed by atoms with Crippen molar-refractivity contribution in [1.29, 1.82) is 5.26 Å². The zero-order valence-electron chi connectivity index (χ0n) is 13.6. The van der Waals surface area contributed by atoms with Crippen molar-refractivity contribution in [3.8, 4) is 17.6 Å². The SMILES string of the molecule is N#Cc1cc(I)cc(Oc2cc(CCc3ccccc3)[nH]c(=O)c2Br)c1. The van der Waals surface area contributed by atoms with Crippen molar-refractivity contribution >= 4 is 38.5 Å². The third-order valence-electron chi connectivity index (χ3n) is 3.75. The normalized spacial score (nSPS) is 10.3. The van der Waals surface area contributed by atoms with Gasteiger partial charge in [0.2, 0.25) is 0 Å². The monoisotopic (exact) mass is 520 g/mol. The highest BCUT2D eigenvalue weighted by Gasteiger charge is 2.11. The van der Waals surface area contributed by atoms with E-state index in [9.17, 15) is 4.79 Å². The molecule has 0 atom stereocenters. The highest BCUT2D eigenvalue weighted by atomic mass is 127. The van der Waals surface area contributed by atoms with Crippen molar-refractivity contribution < 1.29 is 4.74 Å². The summed E-state index contributed by atoms with van der Waals surface area (Å²) in [4.78, 5) is 15.1. The van der Waals surface area contributed by atoms with E-state index in [0.29, 0.717) is 28.0 Å². The largest absolute Gasteiger partial charge is 0.456 e. The zero-order valence-corrected chi connectivity index (χ0v) is 17.4. The average Bonchev–Trinajstić information content (AvgIpc) is 2.64. The van der Waals surface area contributed by atoms with Crippen LogP contribution in [0.25, 0.3) is 0 Å². The number of aromatic nitrogens is 1. The second-order valence-electron chi connectivity index (χ2n) is 5.68. The average molecular weight is 521 g/mol. The Hall–Kier alpha value is -2.11. The lowest BCUT2D eigenvalue weighted by Gasteiger charge is -2.10. The number of aryl methyl sites for hydroxylation is 2. The number of pyridine rings is 1. The first-order chi connectivity index (χ1) is 12.5. The number of ether oxygens (including phenoxy) is 1. The van der Waals surface area contributed by atoms with Crippen LogP contribution in [0.5, 0.6) is 11.5 Å². The Morgan fingerprint density at radius 2 is 1.88 bits per heavy atom. The summed E-state index contributed by atoms with van der Waals surface area (Å²) in [6.45, 7) is 0. The number of rotatable bonds is 5. The first-order valence-electron chi connectivity index (χ1n) is 7.89. The highest BCUT2D eigenvalue weighted by Crippen LogP contribution is 2.29. The minimum absolute atomic E-state index is 0.239. The smallest absolute Gasteiger partial charge is 0.266 e. The number of nitrogens with zero attached hydrogens (tertiary/aromatic N) is 1. The molecule has 3 aromatic rings. The van der Waals surface area contributed by atoms with Gasteiger partial charge in [-0.15, -0.1) is 0 Å². The van der Waals surface area contributed by atoms with Crippen LogP contribution in [0.1, 0.15) is 16.8 Å². The van der Waals surface area contributed by atoms with Crippen molar-refractivity contribution in [3.63, 3.8) is 0 Å². The van der Waals surface area contributed by atoms with Gasteiger partial charge in [-0.25, -0.2) is 0 Å². The van der Waals surface area contributed by atoms with Gasteiger partial charge >= 0.3 is 0 Å². The Kier molecular flexibility index (Phi) is 6.12. The summed E-state index contributed by atoms with van der Waals surface area (Å²) < 4.78 is 7.11. The van der Waals surface area contributed by atoms with Crippen molar-refractivity contribution in [3.05, 3.63) is 89.8 Å². The maximum Gasteiger partial charge on any atom is 0.266 e. The molecule has 3 rings (SSSR count). The maximum atomic E-state index is 12.2. The molecular formula is C20H14BrIN2O2. The second kappa shape index (κ2) is 8.52. The van der Waals surface area contributed by atoms with Crippen molar-refractivity contribution in [2.45, 2.75) is 12.8 Å². The predicted octanol–water partition coefficient (Wildman–Crippen LogP) is 5.19. The molecule has 0 saturated carbocycles. The van der Waals surface area contributed by atoms with E-state index in [-0.39, 0.29) is 5.56 Å². The van der Waals surface area contributed by atoms with Crippen LogP contribution in [0.4, 0.5) is 0 Å². The molecule has 4 nitrogen and oxygen atoms in total. The van der Waals surface area contributed by atoms with Crippen LogP contribution in [0, 0.1) is 14.9 Å². The molecule has 1 aromatic heterocycles. The van der Waals surface area contributed by atoms with Gasteiger partial charge in [-0.2, -0.15) is 5.26 Å². The minimum Gasteiger partial charge on any atom is -0.456 e. The Bertz CT molecular complexity index is 1030. The lowest BCUT2D eigenvalue weighted by molar-refractivity contribution is 0.476. The molecule has 0 spiro atoms. The number of nitriles is 1. The van der Waals surface area contributed by atoms with Gasteiger partial charge in [0.15, 0.2) is 0 Å². The fourth-order valence-electron chi connectivity index (χ4n) is 2.52. The van der Waals surface area contributed by atoms with Gasteiger partial charge in [0, 0.05) is 15.3 Å². The summed E-state index contributed by atoms with van der Waals surface area (Å²) in [5.41, 5.74) is 2.27. The van der Waals surface area contributed by atoms with Gasteiger partial charge in [0.25, 0.3) is 5.56 Å². The van der Waals surface area contributed by atoms with Crippen LogP contribution in [0.15, 0.2) is 63.9 Å². The van der Waals surface area contributed by atoms with Crippen molar-refractivity contribution in [2.75, 3.05) is 0 Å². The Morgan fingerprint density at radius 1 is 1.12 bits per heavy atom. The van der Waals surface area contributed by atoms with E-state index in [0.717, 1.165) is 15.7 Å². The molecule has 0 bridgehead atoms.